The van der Waals surface area contributed by atoms with Crippen LogP contribution in [0.15, 0.2) is 17.0 Å². The molecule has 0 saturated heterocycles. The lowest BCUT2D eigenvalue weighted by Gasteiger charge is -2.11. The summed E-state index contributed by atoms with van der Waals surface area (Å²) in [6.07, 6.45) is 1.06. The zero-order valence-electron chi connectivity index (χ0n) is 9.98. The van der Waals surface area contributed by atoms with Crippen molar-refractivity contribution in [2.75, 3.05) is 19.9 Å². The first kappa shape index (κ1) is 13.7. The number of rotatable bonds is 4. The van der Waals surface area contributed by atoms with Gasteiger partial charge in [-0.2, -0.15) is 0 Å². The second-order valence-electron chi connectivity index (χ2n) is 3.72. The van der Waals surface area contributed by atoms with E-state index in [1.54, 1.807) is 6.92 Å². The van der Waals surface area contributed by atoms with Crippen LogP contribution in [0.2, 0.25) is 0 Å². The minimum Gasteiger partial charge on any atom is -0.496 e. The third-order valence-electron chi connectivity index (χ3n) is 2.38. The lowest BCUT2D eigenvalue weighted by molar-refractivity contribution is 0.0998. The van der Waals surface area contributed by atoms with Gasteiger partial charge in [-0.05, 0) is 24.6 Å². The quantitative estimate of drug-likeness (QED) is 0.796. The third-order valence-corrected chi connectivity index (χ3v) is 3.52. The van der Waals surface area contributed by atoms with E-state index in [9.17, 15) is 13.2 Å². The number of carbonyl (C=O) groups excluding carboxylic acids is 1. The summed E-state index contributed by atoms with van der Waals surface area (Å²) in [5.41, 5.74) is 6.00. The molecule has 0 fully saturated rings. The van der Waals surface area contributed by atoms with Crippen molar-refractivity contribution in [3.05, 3.63) is 23.3 Å². The largest absolute Gasteiger partial charge is 0.496 e. The number of methoxy groups -OCH3 is 1. The SMILES string of the molecule is COc1cc(C(=O)CN)c(S(C)(=O)=O)cc1C. The van der Waals surface area contributed by atoms with Crippen molar-refractivity contribution < 1.29 is 17.9 Å². The van der Waals surface area contributed by atoms with Crippen molar-refractivity contribution in [1.29, 1.82) is 0 Å². The Morgan fingerprint density at radius 2 is 2.00 bits per heavy atom. The molecule has 1 aromatic rings. The molecule has 0 saturated carbocycles. The predicted octanol–water partition coefficient (Wildman–Crippen LogP) is 0.549. The van der Waals surface area contributed by atoms with Crippen LogP contribution < -0.4 is 10.5 Å². The molecular weight excluding hydrogens is 242 g/mol. The Balaban J connectivity index is 3.59. The molecule has 0 spiro atoms. The van der Waals surface area contributed by atoms with Crippen molar-refractivity contribution in [3.63, 3.8) is 0 Å². The smallest absolute Gasteiger partial charge is 0.177 e. The van der Waals surface area contributed by atoms with E-state index in [0.29, 0.717) is 11.3 Å². The van der Waals surface area contributed by atoms with Gasteiger partial charge in [-0.1, -0.05) is 0 Å². The molecule has 1 rings (SSSR count). The first-order valence-electron chi connectivity index (χ1n) is 4.93. The van der Waals surface area contributed by atoms with Crippen molar-refractivity contribution in [2.24, 2.45) is 5.73 Å². The molecule has 17 heavy (non-hydrogen) atoms. The molecule has 0 radical (unpaired) electrons. The lowest BCUT2D eigenvalue weighted by Crippen LogP contribution is -2.17. The van der Waals surface area contributed by atoms with Crippen LogP contribution >= 0.6 is 0 Å². The van der Waals surface area contributed by atoms with Crippen LogP contribution in [-0.4, -0.2) is 34.1 Å². The molecule has 5 nitrogen and oxygen atoms in total. The summed E-state index contributed by atoms with van der Waals surface area (Å²) in [5, 5.41) is 0. The summed E-state index contributed by atoms with van der Waals surface area (Å²) in [6, 6.07) is 2.85. The fraction of sp³-hybridized carbons (Fsp3) is 0.364. The maximum Gasteiger partial charge on any atom is 0.177 e. The van der Waals surface area contributed by atoms with E-state index >= 15 is 0 Å². The molecule has 1 aromatic carbocycles. The van der Waals surface area contributed by atoms with Crippen molar-refractivity contribution >= 4 is 15.6 Å². The van der Waals surface area contributed by atoms with Crippen LogP contribution in [0.1, 0.15) is 15.9 Å². The Kier molecular flexibility index (Phi) is 3.90. The number of ketones is 1. The van der Waals surface area contributed by atoms with Crippen molar-refractivity contribution in [1.82, 2.24) is 0 Å². The van der Waals surface area contributed by atoms with Gasteiger partial charge in [0.25, 0.3) is 0 Å². The number of sulfone groups is 1. The van der Waals surface area contributed by atoms with Gasteiger partial charge in [0.1, 0.15) is 5.75 Å². The van der Waals surface area contributed by atoms with Crippen molar-refractivity contribution in [2.45, 2.75) is 11.8 Å². The molecule has 0 aliphatic carbocycles. The Labute approximate surface area is 100 Å². The Bertz CT molecular complexity index is 549. The monoisotopic (exact) mass is 257 g/mol. The fourth-order valence-electron chi connectivity index (χ4n) is 1.52. The number of hydrogen-bond acceptors (Lipinski definition) is 5. The summed E-state index contributed by atoms with van der Waals surface area (Å²) in [7, 11) is -2.01. The van der Waals surface area contributed by atoms with Crippen LogP contribution in [0.25, 0.3) is 0 Å². The number of hydrogen-bond donors (Lipinski definition) is 1. The molecule has 0 aromatic heterocycles. The standard InChI is InChI=1S/C11H15NO4S/c1-7-4-11(17(3,14)15)8(9(13)6-12)5-10(7)16-2/h4-5H,6,12H2,1-3H3. The Morgan fingerprint density at radius 3 is 2.41 bits per heavy atom. The van der Waals surface area contributed by atoms with E-state index in [4.69, 9.17) is 10.5 Å². The molecule has 0 bridgehead atoms. The summed E-state index contributed by atoms with van der Waals surface area (Å²) in [4.78, 5) is 11.6. The van der Waals surface area contributed by atoms with Gasteiger partial charge >= 0.3 is 0 Å². The molecule has 94 valence electrons. The topological polar surface area (TPSA) is 86.5 Å². The number of benzene rings is 1. The second kappa shape index (κ2) is 4.85. The molecule has 0 heterocycles. The van der Waals surface area contributed by atoms with E-state index in [2.05, 4.69) is 0 Å². The van der Waals surface area contributed by atoms with Gasteiger partial charge in [0.05, 0.1) is 18.6 Å². The molecule has 6 heteroatoms. The third kappa shape index (κ3) is 2.83. The van der Waals surface area contributed by atoms with E-state index in [0.717, 1.165) is 6.26 Å². The first-order chi connectivity index (χ1) is 7.81. The van der Waals surface area contributed by atoms with Gasteiger partial charge in [-0.15, -0.1) is 0 Å². The van der Waals surface area contributed by atoms with Gasteiger partial charge in [0.15, 0.2) is 15.6 Å². The van der Waals surface area contributed by atoms with E-state index in [1.165, 1.54) is 19.2 Å². The minimum absolute atomic E-state index is 0.00810. The minimum atomic E-state index is -3.47. The van der Waals surface area contributed by atoms with Gasteiger partial charge in [-0.25, -0.2) is 8.42 Å². The molecule has 2 N–H and O–H groups in total. The number of carbonyl (C=O) groups is 1. The number of nitrogens with two attached hydrogens (primary N) is 1. The summed E-state index contributed by atoms with van der Waals surface area (Å²) in [5.74, 6) is 0.0397. The predicted molar refractivity (Wildman–Crippen MR) is 64.2 cm³/mol. The Morgan fingerprint density at radius 1 is 1.41 bits per heavy atom. The van der Waals surface area contributed by atoms with Crippen LogP contribution in [0.3, 0.4) is 0 Å². The lowest BCUT2D eigenvalue weighted by atomic mass is 10.1. The molecule has 0 unspecified atom stereocenters. The number of aryl methyl sites for hydroxylation is 1. The maximum absolute atomic E-state index is 11.6. The van der Waals surface area contributed by atoms with Gasteiger partial charge in [0, 0.05) is 11.8 Å². The molecular formula is C11H15NO4S. The number of Topliss-reactive ketones (excluding diaryl/α,β-unsaturated/α-hetero) is 1. The van der Waals surface area contributed by atoms with Gasteiger partial charge in [-0.3, -0.25) is 4.79 Å². The maximum atomic E-state index is 11.6. The van der Waals surface area contributed by atoms with Crippen molar-refractivity contribution in [3.8, 4) is 5.75 Å². The normalized spacial score (nSPS) is 11.3. The fourth-order valence-corrected chi connectivity index (χ4v) is 2.48. The highest BCUT2D eigenvalue weighted by atomic mass is 32.2. The van der Waals surface area contributed by atoms with Crippen LogP contribution in [-0.2, 0) is 9.84 Å². The van der Waals surface area contributed by atoms with Gasteiger partial charge in [0.2, 0.25) is 0 Å². The van der Waals surface area contributed by atoms with E-state index in [1.807, 2.05) is 0 Å². The number of ether oxygens (including phenoxy) is 1. The highest BCUT2D eigenvalue weighted by molar-refractivity contribution is 7.90. The summed E-state index contributed by atoms with van der Waals surface area (Å²) < 4.78 is 28.2. The second-order valence-corrected chi connectivity index (χ2v) is 5.70. The molecule has 0 atom stereocenters. The van der Waals surface area contributed by atoms with E-state index < -0.39 is 15.6 Å². The molecule has 0 aliphatic heterocycles. The average molecular weight is 257 g/mol. The van der Waals surface area contributed by atoms with Crippen LogP contribution in [0.4, 0.5) is 0 Å². The highest BCUT2D eigenvalue weighted by Gasteiger charge is 2.20. The zero-order valence-corrected chi connectivity index (χ0v) is 10.8. The summed E-state index contributed by atoms with van der Waals surface area (Å²) in [6.45, 7) is 1.47. The zero-order chi connectivity index (χ0) is 13.2. The molecule has 0 aliphatic rings. The van der Waals surface area contributed by atoms with Gasteiger partial charge < -0.3 is 10.5 Å². The van der Waals surface area contributed by atoms with E-state index in [-0.39, 0.29) is 17.0 Å². The molecule has 0 amide bonds. The first-order valence-corrected chi connectivity index (χ1v) is 6.82. The van der Waals surface area contributed by atoms with Crippen LogP contribution in [0.5, 0.6) is 5.75 Å². The summed E-state index contributed by atoms with van der Waals surface area (Å²) >= 11 is 0. The highest BCUT2D eigenvalue weighted by Crippen LogP contribution is 2.26. The van der Waals surface area contributed by atoms with Crippen LogP contribution in [0, 0.1) is 6.92 Å². The average Bonchev–Trinajstić information content (AvgIpc) is 2.26. The Hall–Kier alpha value is -1.40.